The van der Waals surface area contributed by atoms with E-state index in [1.165, 1.54) is 17.0 Å². The van der Waals surface area contributed by atoms with E-state index in [0.29, 0.717) is 13.1 Å². The Morgan fingerprint density at radius 2 is 1.86 bits per heavy atom. The molecule has 4 rings (SSSR count). The number of fused-ring (bicyclic) bond motifs is 1. The van der Waals surface area contributed by atoms with Crippen LogP contribution in [0.25, 0.3) is 5.69 Å². The van der Waals surface area contributed by atoms with Gasteiger partial charge in [0.15, 0.2) is 0 Å². The molecule has 2 fully saturated rings. The van der Waals surface area contributed by atoms with Crippen LogP contribution in [0, 0.1) is 17.7 Å². The number of piperidine rings is 1. The summed E-state index contributed by atoms with van der Waals surface area (Å²) in [6, 6.07) is 7.77. The number of likely N-dealkylation sites (tertiary alicyclic amines) is 1. The normalized spacial score (nSPS) is 24.3. The summed E-state index contributed by atoms with van der Waals surface area (Å²) in [5.41, 5.74) is 1.56. The van der Waals surface area contributed by atoms with Crippen molar-refractivity contribution < 1.29 is 32.2 Å². The summed E-state index contributed by atoms with van der Waals surface area (Å²) in [6.07, 6.45) is -6.94. The van der Waals surface area contributed by atoms with Crippen molar-refractivity contribution in [2.75, 3.05) is 19.7 Å². The molecule has 0 bridgehead atoms. The Hall–Kier alpha value is -2.62. The van der Waals surface area contributed by atoms with Gasteiger partial charge >= 0.3 is 12.3 Å². The lowest BCUT2D eigenvalue weighted by Crippen LogP contribution is -2.40. The molecule has 1 unspecified atom stereocenters. The molecule has 6 nitrogen and oxygen atoms in total. The maximum atomic E-state index is 13.0. The Bertz CT molecular complexity index is 872. The zero-order valence-electron chi connectivity index (χ0n) is 15.2. The number of aromatic nitrogens is 2. The number of hydrogen-bond donors (Lipinski definition) is 1. The molecule has 1 saturated carbocycles. The number of amides is 1. The van der Waals surface area contributed by atoms with Crippen LogP contribution in [0.2, 0.25) is 0 Å². The number of carbonyl (C=O) groups is 1. The molecule has 1 saturated heterocycles. The highest BCUT2D eigenvalue weighted by Gasteiger charge is 2.59. The van der Waals surface area contributed by atoms with Gasteiger partial charge in [-0.15, -0.1) is 0 Å². The smallest absolute Gasteiger partial charge is 0.425 e. The zero-order valence-corrected chi connectivity index (χ0v) is 15.2. The summed E-state index contributed by atoms with van der Waals surface area (Å²) in [4.78, 5) is 13.4. The molecule has 2 aliphatic rings. The van der Waals surface area contributed by atoms with E-state index >= 15 is 0 Å². The van der Waals surface area contributed by atoms with E-state index in [9.17, 15) is 22.4 Å². The molecule has 156 valence electrons. The van der Waals surface area contributed by atoms with Gasteiger partial charge < -0.3 is 14.7 Å². The van der Waals surface area contributed by atoms with Crippen molar-refractivity contribution in [3.63, 3.8) is 0 Å². The molecule has 0 radical (unpaired) electrons. The van der Waals surface area contributed by atoms with Gasteiger partial charge in [0.2, 0.25) is 6.10 Å². The number of nitrogens with zero attached hydrogens (tertiary/aromatic N) is 3. The lowest BCUT2D eigenvalue weighted by atomic mass is 10.2. The van der Waals surface area contributed by atoms with Crippen molar-refractivity contribution in [2.45, 2.75) is 24.6 Å². The molecule has 29 heavy (non-hydrogen) atoms. The average Bonchev–Trinajstić information content (AvgIpc) is 3.04. The highest BCUT2D eigenvalue weighted by atomic mass is 19.4. The van der Waals surface area contributed by atoms with Crippen LogP contribution >= 0.6 is 0 Å². The third-order valence-electron chi connectivity index (χ3n) is 5.49. The van der Waals surface area contributed by atoms with Crippen LogP contribution in [-0.2, 0) is 4.74 Å². The van der Waals surface area contributed by atoms with Crippen molar-refractivity contribution in [3.8, 4) is 5.69 Å². The first-order valence-electron chi connectivity index (χ1n) is 9.22. The summed E-state index contributed by atoms with van der Waals surface area (Å²) in [5.74, 6) is 0.0516. The minimum Gasteiger partial charge on any atom is -0.436 e. The number of aliphatic hydroxyl groups excluding tert-OH is 1. The van der Waals surface area contributed by atoms with Crippen LogP contribution in [0.3, 0.4) is 0 Å². The molecular weight excluding hydrogens is 394 g/mol. The molecule has 1 aliphatic carbocycles. The molecular formula is C19H19F4N3O3. The fourth-order valence-electron chi connectivity index (χ4n) is 3.97. The van der Waals surface area contributed by atoms with E-state index in [1.54, 1.807) is 23.0 Å². The van der Waals surface area contributed by atoms with Gasteiger partial charge in [-0.05, 0) is 42.2 Å². The maximum absolute atomic E-state index is 13.0. The first-order chi connectivity index (χ1) is 13.8. The van der Waals surface area contributed by atoms with Gasteiger partial charge in [0.05, 0.1) is 11.4 Å². The van der Waals surface area contributed by atoms with Crippen LogP contribution in [0.15, 0.2) is 36.5 Å². The molecule has 2 heterocycles. The largest absolute Gasteiger partial charge is 0.436 e. The van der Waals surface area contributed by atoms with E-state index < -0.39 is 31.4 Å². The third kappa shape index (κ3) is 3.93. The van der Waals surface area contributed by atoms with E-state index in [4.69, 9.17) is 5.11 Å². The number of ether oxygens (including phenoxy) is 1. The lowest BCUT2D eigenvalue weighted by Gasteiger charge is -2.24. The molecule has 1 aromatic carbocycles. The number of halogens is 4. The Morgan fingerprint density at radius 3 is 2.45 bits per heavy atom. The van der Waals surface area contributed by atoms with Gasteiger partial charge in [-0.2, -0.15) is 18.3 Å². The van der Waals surface area contributed by atoms with Crippen molar-refractivity contribution >= 4 is 6.09 Å². The number of carbonyl (C=O) groups excluding carboxylic acids is 1. The SMILES string of the molecule is O=C(O[C@H](CCO)C(F)(F)F)N1C[C@@H]2C(c3ccn(-c4ccc(F)cc4)n3)[C@@H]2C1. The van der Waals surface area contributed by atoms with Crippen molar-refractivity contribution in [1.29, 1.82) is 0 Å². The van der Waals surface area contributed by atoms with E-state index in [2.05, 4.69) is 9.84 Å². The van der Waals surface area contributed by atoms with Crippen LogP contribution in [-0.4, -0.2) is 57.9 Å². The van der Waals surface area contributed by atoms with Gasteiger partial charge in [-0.1, -0.05) is 0 Å². The Kier molecular flexibility index (Phi) is 4.97. The minimum atomic E-state index is -4.71. The zero-order chi connectivity index (χ0) is 20.8. The lowest BCUT2D eigenvalue weighted by molar-refractivity contribution is -0.209. The second-order valence-electron chi connectivity index (χ2n) is 7.35. The maximum Gasteiger partial charge on any atom is 0.425 e. The molecule has 4 atom stereocenters. The van der Waals surface area contributed by atoms with Gasteiger partial charge in [-0.3, -0.25) is 0 Å². The Balaban J connectivity index is 1.34. The summed E-state index contributed by atoms with van der Waals surface area (Å²) in [5, 5.41) is 13.3. The molecule has 1 aliphatic heterocycles. The number of benzene rings is 1. The van der Waals surface area contributed by atoms with Gasteiger partial charge in [0, 0.05) is 38.2 Å². The Labute approximate surface area is 163 Å². The minimum absolute atomic E-state index is 0.126. The molecule has 2 aromatic rings. The third-order valence-corrected chi connectivity index (χ3v) is 5.49. The standard InChI is InChI=1S/C19H19F4N3O3/c20-11-1-3-12(4-2-11)26-7-5-15(24-26)17-13-9-25(10-14(13)17)18(28)29-16(6-8-27)19(21,22)23/h1-5,7,13-14,16-17,27H,6,8-10H2/t13-,14+,16-,17?/m1/s1. The molecule has 1 aromatic heterocycles. The van der Waals surface area contributed by atoms with E-state index in [1.807, 2.05) is 6.07 Å². The topological polar surface area (TPSA) is 67.6 Å². The number of alkyl halides is 3. The predicted molar refractivity (Wildman–Crippen MR) is 92.8 cm³/mol. The fourth-order valence-corrected chi connectivity index (χ4v) is 3.97. The van der Waals surface area contributed by atoms with Crippen LogP contribution in [0.5, 0.6) is 0 Å². The second-order valence-corrected chi connectivity index (χ2v) is 7.35. The first kappa shape index (κ1) is 19.7. The van der Waals surface area contributed by atoms with Gasteiger partial charge in [0.25, 0.3) is 0 Å². The van der Waals surface area contributed by atoms with E-state index in [0.717, 1.165) is 11.4 Å². The van der Waals surface area contributed by atoms with E-state index in [-0.39, 0.29) is 23.6 Å². The van der Waals surface area contributed by atoms with Gasteiger partial charge in [0.1, 0.15) is 5.82 Å². The highest BCUT2D eigenvalue weighted by Crippen LogP contribution is 2.57. The molecule has 10 heteroatoms. The fraction of sp³-hybridized carbons (Fsp3) is 0.474. The average molecular weight is 413 g/mol. The first-order valence-corrected chi connectivity index (χ1v) is 9.22. The van der Waals surface area contributed by atoms with Gasteiger partial charge in [-0.25, -0.2) is 13.9 Å². The molecule has 0 spiro atoms. The van der Waals surface area contributed by atoms with Crippen molar-refractivity contribution in [1.82, 2.24) is 14.7 Å². The monoisotopic (exact) mass is 413 g/mol. The van der Waals surface area contributed by atoms with Crippen molar-refractivity contribution in [3.05, 3.63) is 48.0 Å². The Morgan fingerprint density at radius 1 is 1.21 bits per heavy atom. The van der Waals surface area contributed by atoms with Crippen LogP contribution < -0.4 is 0 Å². The quantitative estimate of drug-likeness (QED) is 0.765. The summed E-state index contributed by atoms with van der Waals surface area (Å²) in [7, 11) is 0. The summed E-state index contributed by atoms with van der Waals surface area (Å²) in [6.45, 7) is -0.107. The van der Waals surface area contributed by atoms with Crippen LogP contribution in [0.4, 0.5) is 22.4 Å². The second kappa shape index (κ2) is 7.33. The molecule has 1 amide bonds. The van der Waals surface area contributed by atoms with Crippen LogP contribution in [0.1, 0.15) is 18.0 Å². The summed E-state index contributed by atoms with van der Waals surface area (Å²) >= 11 is 0. The summed E-state index contributed by atoms with van der Waals surface area (Å²) < 4.78 is 57.8. The molecule has 1 N–H and O–H groups in total. The van der Waals surface area contributed by atoms with Crippen molar-refractivity contribution in [2.24, 2.45) is 11.8 Å². The predicted octanol–water partition coefficient (Wildman–Crippen LogP) is 3.11. The number of hydrogen-bond acceptors (Lipinski definition) is 4. The number of aliphatic hydroxyl groups is 1. The number of rotatable bonds is 5. The highest BCUT2D eigenvalue weighted by molar-refractivity contribution is 5.69.